The first-order valence-electron chi connectivity index (χ1n) is 9.07. The smallest absolute Gasteiger partial charge is 0.329 e. The van der Waals surface area contributed by atoms with Crippen LogP contribution in [0, 0.1) is 24.5 Å². The fourth-order valence-corrected chi connectivity index (χ4v) is 3.73. The summed E-state index contributed by atoms with van der Waals surface area (Å²) in [7, 11) is 0. The summed E-state index contributed by atoms with van der Waals surface area (Å²) >= 11 is 1.28. The highest BCUT2D eigenvalue weighted by atomic mass is 32.1. The van der Waals surface area contributed by atoms with Gasteiger partial charge in [0, 0.05) is 17.1 Å². The van der Waals surface area contributed by atoms with E-state index in [4.69, 9.17) is 4.74 Å². The summed E-state index contributed by atoms with van der Waals surface area (Å²) in [5.41, 5.74) is -0.0686. The molecule has 0 aliphatic heterocycles. The van der Waals surface area contributed by atoms with Gasteiger partial charge < -0.3 is 10.1 Å². The van der Waals surface area contributed by atoms with E-state index < -0.39 is 41.0 Å². The van der Waals surface area contributed by atoms with E-state index in [-0.39, 0.29) is 17.9 Å². The van der Waals surface area contributed by atoms with E-state index in [9.17, 15) is 23.2 Å². The van der Waals surface area contributed by atoms with Gasteiger partial charge in [-0.05, 0) is 25.0 Å². The van der Waals surface area contributed by atoms with Gasteiger partial charge in [0.1, 0.15) is 29.8 Å². The zero-order valence-corrected chi connectivity index (χ0v) is 17.3. The molecule has 1 atom stereocenters. The highest BCUT2D eigenvalue weighted by Crippen LogP contribution is 2.15. The number of rotatable bonds is 6. The summed E-state index contributed by atoms with van der Waals surface area (Å²) < 4.78 is 34.3. The fourth-order valence-electron chi connectivity index (χ4n) is 2.84. The standard InChI is InChI=1S/C20H19F2N3O4S/c1-10(2)17(24-18(27)16-13(21)5-4-6-14(16)22)19(28)29-8-12-7-15(26)25-11(3)9-30-20(25)23-12/h4-7,9-10,17H,8H2,1-3H3,(H,24,27)/t17-/m0/s1. The van der Waals surface area contributed by atoms with E-state index in [0.29, 0.717) is 4.96 Å². The molecule has 1 N–H and O–H groups in total. The SMILES string of the molecule is Cc1csc2nc(COC(=O)[C@@H](NC(=O)c3c(F)cccc3F)C(C)C)cc(=O)n12. The van der Waals surface area contributed by atoms with Crippen LogP contribution in [0.25, 0.3) is 4.96 Å². The topological polar surface area (TPSA) is 89.8 Å². The summed E-state index contributed by atoms with van der Waals surface area (Å²) in [5, 5.41) is 4.10. The molecule has 3 aromatic rings. The molecule has 0 aliphatic rings. The zero-order chi connectivity index (χ0) is 22.0. The van der Waals surface area contributed by atoms with E-state index in [1.165, 1.54) is 21.8 Å². The van der Waals surface area contributed by atoms with Crippen molar-refractivity contribution in [3.05, 3.63) is 68.6 Å². The Bertz CT molecular complexity index is 1150. The maximum Gasteiger partial charge on any atom is 0.329 e. The van der Waals surface area contributed by atoms with Gasteiger partial charge in [0.25, 0.3) is 11.5 Å². The molecule has 1 aromatic carbocycles. The van der Waals surface area contributed by atoms with Crippen LogP contribution in [0.3, 0.4) is 0 Å². The third kappa shape index (κ3) is 4.38. The zero-order valence-electron chi connectivity index (χ0n) is 16.4. The molecule has 10 heteroatoms. The average Bonchev–Trinajstić information content (AvgIpc) is 3.05. The first-order valence-corrected chi connectivity index (χ1v) is 9.95. The van der Waals surface area contributed by atoms with Crippen LogP contribution >= 0.6 is 11.3 Å². The number of fused-ring (bicyclic) bond motifs is 1. The van der Waals surface area contributed by atoms with Gasteiger partial charge in [0.15, 0.2) is 4.96 Å². The van der Waals surface area contributed by atoms with Crippen LogP contribution < -0.4 is 10.9 Å². The number of carbonyl (C=O) groups excluding carboxylic acids is 2. The molecule has 7 nitrogen and oxygen atoms in total. The highest BCUT2D eigenvalue weighted by molar-refractivity contribution is 7.15. The van der Waals surface area contributed by atoms with Crippen LogP contribution in [0.1, 0.15) is 35.6 Å². The second kappa shape index (κ2) is 8.70. The molecular formula is C20H19F2N3O4S. The van der Waals surface area contributed by atoms with Gasteiger partial charge in [-0.25, -0.2) is 18.6 Å². The van der Waals surface area contributed by atoms with Crippen molar-refractivity contribution in [1.82, 2.24) is 14.7 Å². The highest BCUT2D eigenvalue weighted by Gasteiger charge is 2.28. The summed E-state index contributed by atoms with van der Waals surface area (Å²) in [6.07, 6.45) is 0. The van der Waals surface area contributed by atoms with Gasteiger partial charge in [0.2, 0.25) is 0 Å². The number of ether oxygens (including phenoxy) is 1. The van der Waals surface area contributed by atoms with Gasteiger partial charge in [-0.3, -0.25) is 14.0 Å². The van der Waals surface area contributed by atoms with Crippen molar-refractivity contribution < 1.29 is 23.1 Å². The maximum absolute atomic E-state index is 13.8. The number of carbonyl (C=O) groups is 2. The molecular weight excluding hydrogens is 416 g/mol. The quantitative estimate of drug-likeness (QED) is 0.602. The van der Waals surface area contributed by atoms with Crippen molar-refractivity contribution in [3.8, 4) is 0 Å². The minimum atomic E-state index is -1.15. The Balaban J connectivity index is 1.73. The molecule has 158 valence electrons. The average molecular weight is 435 g/mol. The lowest BCUT2D eigenvalue weighted by molar-refractivity contribution is -0.148. The molecule has 0 saturated carbocycles. The molecule has 2 heterocycles. The molecule has 0 fully saturated rings. The van der Waals surface area contributed by atoms with E-state index in [2.05, 4.69) is 10.3 Å². The second-order valence-electron chi connectivity index (χ2n) is 6.98. The fraction of sp³-hybridized carbons (Fsp3) is 0.300. The van der Waals surface area contributed by atoms with Crippen molar-refractivity contribution >= 4 is 28.2 Å². The van der Waals surface area contributed by atoms with Crippen LogP contribution in [0.2, 0.25) is 0 Å². The predicted octanol–water partition coefficient (Wildman–Crippen LogP) is 2.84. The molecule has 3 rings (SSSR count). The summed E-state index contributed by atoms with van der Waals surface area (Å²) in [5.74, 6) is -4.36. The van der Waals surface area contributed by atoms with Gasteiger partial charge in [0.05, 0.1) is 5.69 Å². The van der Waals surface area contributed by atoms with Gasteiger partial charge in [-0.15, -0.1) is 11.3 Å². The number of nitrogens with zero attached hydrogens (tertiary/aromatic N) is 2. The van der Waals surface area contributed by atoms with Crippen LogP contribution in [0.5, 0.6) is 0 Å². The van der Waals surface area contributed by atoms with Crippen molar-refractivity contribution in [2.75, 3.05) is 0 Å². The number of hydrogen-bond acceptors (Lipinski definition) is 6. The molecule has 0 radical (unpaired) electrons. The second-order valence-corrected chi connectivity index (χ2v) is 7.82. The number of aromatic nitrogens is 2. The Morgan fingerprint density at radius 1 is 1.27 bits per heavy atom. The third-order valence-corrected chi connectivity index (χ3v) is 5.33. The van der Waals surface area contributed by atoms with Gasteiger partial charge in [-0.1, -0.05) is 19.9 Å². The van der Waals surface area contributed by atoms with Crippen LogP contribution in [-0.4, -0.2) is 27.3 Å². The summed E-state index contributed by atoms with van der Waals surface area (Å²) in [6, 6.07) is 3.15. The molecule has 0 bridgehead atoms. The number of amides is 1. The largest absolute Gasteiger partial charge is 0.458 e. The van der Waals surface area contributed by atoms with E-state index in [1.54, 1.807) is 26.2 Å². The Morgan fingerprint density at radius 2 is 1.93 bits per heavy atom. The molecule has 1 amide bonds. The Hall–Kier alpha value is -3.14. The molecule has 30 heavy (non-hydrogen) atoms. The normalized spacial score (nSPS) is 12.2. The van der Waals surface area contributed by atoms with E-state index in [0.717, 1.165) is 23.9 Å². The minimum absolute atomic E-state index is 0.254. The minimum Gasteiger partial charge on any atom is -0.458 e. The summed E-state index contributed by atoms with van der Waals surface area (Å²) in [6.45, 7) is 4.79. The first kappa shape index (κ1) is 21.6. The van der Waals surface area contributed by atoms with Crippen molar-refractivity contribution in [2.24, 2.45) is 5.92 Å². The Kier molecular flexibility index (Phi) is 6.25. The van der Waals surface area contributed by atoms with Crippen LogP contribution in [0.4, 0.5) is 8.78 Å². The number of halogens is 2. The van der Waals surface area contributed by atoms with Crippen molar-refractivity contribution in [3.63, 3.8) is 0 Å². The molecule has 0 unspecified atom stereocenters. The summed E-state index contributed by atoms with van der Waals surface area (Å²) in [4.78, 5) is 41.8. The molecule has 0 saturated heterocycles. The van der Waals surface area contributed by atoms with Crippen LogP contribution in [-0.2, 0) is 16.1 Å². The Morgan fingerprint density at radius 3 is 2.57 bits per heavy atom. The number of thiazole rings is 1. The number of nitrogens with one attached hydrogen (secondary N) is 1. The third-order valence-electron chi connectivity index (χ3n) is 4.39. The number of aryl methyl sites for hydroxylation is 1. The molecule has 2 aromatic heterocycles. The van der Waals surface area contributed by atoms with Gasteiger partial charge >= 0.3 is 5.97 Å². The maximum atomic E-state index is 13.8. The van der Waals surface area contributed by atoms with E-state index in [1.807, 2.05) is 0 Å². The van der Waals surface area contributed by atoms with E-state index >= 15 is 0 Å². The first-order chi connectivity index (χ1) is 14.2. The number of benzene rings is 1. The lowest BCUT2D eigenvalue weighted by Crippen LogP contribution is -2.45. The molecule has 0 spiro atoms. The monoisotopic (exact) mass is 435 g/mol. The Labute approximate surface area is 174 Å². The molecule has 0 aliphatic carbocycles. The van der Waals surface area contributed by atoms with Crippen molar-refractivity contribution in [1.29, 1.82) is 0 Å². The number of hydrogen-bond donors (Lipinski definition) is 1. The lowest BCUT2D eigenvalue weighted by atomic mass is 10.0. The lowest BCUT2D eigenvalue weighted by Gasteiger charge is -2.21. The predicted molar refractivity (Wildman–Crippen MR) is 106 cm³/mol. The van der Waals surface area contributed by atoms with Gasteiger partial charge in [-0.2, -0.15) is 0 Å². The van der Waals surface area contributed by atoms with Crippen molar-refractivity contribution in [2.45, 2.75) is 33.4 Å². The number of esters is 1. The van der Waals surface area contributed by atoms with Crippen LogP contribution in [0.15, 0.2) is 34.4 Å².